The first-order valence-corrected chi connectivity index (χ1v) is 9.19. The monoisotopic (exact) mass is 359 g/mol. The topological polar surface area (TPSA) is 62.3 Å². The molecular formula is C22H21N3O2. The molecule has 1 N–H and O–H groups in total. The fourth-order valence-corrected chi connectivity index (χ4v) is 3.52. The van der Waals surface area contributed by atoms with E-state index in [4.69, 9.17) is 0 Å². The van der Waals surface area contributed by atoms with Gasteiger partial charge in [0.25, 0.3) is 5.91 Å². The summed E-state index contributed by atoms with van der Waals surface area (Å²) >= 11 is 0. The van der Waals surface area contributed by atoms with E-state index in [-0.39, 0.29) is 11.8 Å². The molecule has 1 saturated heterocycles. The highest BCUT2D eigenvalue weighted by Crippen LogP contribution is 2.18. The molecule has 2 aromatic carbocycles. The van der Waals surface area contributed by atoms with E-state index in [1.54, 1.807) is 6.20 Å². The molecular weight excluding hydrogens is 338 g/mol. The van der Waals surface area contributed by atoms with Gasteiger partial charge in [-0.15, -0.1) is 0 Å². The van der Waals surface area contributed by atoms with Gasteiger partial charge in [-0.25, -0.2) is 0 Å². The van der Waals surface area contributed by atoms with Gasteiger partial charge in [0, 0.05) is 37.6 Å². The number of pyridine rings is 1. The van der Waals surface area contributed by atoms with Gasteiger partial charge in [-0.1, -0.05) is 48.5 Å². The number of likely N-dealkylation sites (tertiary alicyclic amines) is 1. The van der Waals surface area contributed by atoms with E-state index in [1.165, 1.54) is 0 Å². The van der Waals surface area contributed by atoms with E-state index < -0.39 is 0 Å². The van der Waals surface area contributed by atoms with Crippen LogP contribution in [0.1, 0.15) is 34.5 Å². The van der Waals surface area contributed by atoms with Crippen LogP contribution in [0, 0.1) is 0 Å². The van der Waals surface area contributed by atoms with Crippen LogP contribution in [0.15, 0.2) is 60.8 Å². The van der Waals surface area contributed by atoms with Gasteiger partial charge in [-0.2, -0.15) is 0 Å². The van der Waals surface area contributed by atoms with E-state index in [0.717, 1.165) is 34.9 Å². The van der Waals surface area contributed by atoms with E-state index in [1.807, 2.05) is 59.5 Å². The van der Waals surface area contributed by atoms with Crippen molar-refractivity contribution in [3.8, 4) is 0 Å². The lowest BCUT2D eigenvalue weighted by Crippen LogP contribution is -2.27. The van der Waals surface area contributed by atoms with Crippen molar-refractivity contribution in [2.24, 2.45) is 0 Å². The molecule has 0 bridgehead atoms. The van der Waals surface area contributed by atoms with Crippen molar-refractivity contribution in [3.63, 3.8) is 0 Å². The molecule has 3 aromatic rings. The maximum Gasteiger partial charge on any atom is 0.270 e. The number of fused-ring (bicyclic) bond motifs is 1. The molecule has 1 fully saturated rings. The molecule has 4 rings (SSSR count). The van der Waals surface area contributed by atoms with Gasteiger partial charge in [-0.3, -0.25) is 14.6 Å². The van der Waals surface area contributed by atoms with Crippen molar-refractivity contribution in [2.45, 2.75) is 25.9 Å². The first-order chi connectivity index (χ1) is 13.2. The molecule has 1 aliphatic heterocycles. The number of hydrogen-bond acceptors (Lipinski definition) is 3. The second kappa shape index (κ2) is 7.58. The summed E-state index contributed by atoms with van der Waals surface area (Å²) in [7, 11) is 0. The number of hydrogen-bond donors (Lipinski definition) is 1. The molecule has 1 aromatic heterocycles. The summed E-state index contributed by atoms with van der Waals surface area (Å²) in [6.07, 6.45) is 3.21. The molecule has 27 heavy (non-hydrogen) atoms. The van der Waals surface area contributed by atoms with Gasteiger partial charge < -0.3 is 10.2 Å². The number of nitrogens with zero attached hydrogens (tertiary/aromatic N) is 2. The lowest BCUT2D eigenvalue weighted by atomic mass is 10.1. The summed E-state index contributed by atoms with van der Waals surface area (Å²) in [6, 6.07) is 17.5. The first kappa shape index (κ1) is 17.2. The summed E-state index contributed by atoms with van der Waals surface area (Å²) in [5.74, 6) is 0.00708. The fourth-order valence-electron chi connectivity index (χ4n) is 3.52. The zero-order chi connectivity index (χ0) is 18.6. The Labute approximate surface area is 158 Å². The highest BCUT2D eigenvalue weighted by Gasteiger charge is 2.21. The Morgan fingerprint density at radius 1 is 1.04 bits per heavy atom. The lowest BCUT2D eigenvalue weighted by Gasteiger charge is -2.18. The summed E-state index contributed by atoms with van der Waals surface area (Å²) in [6.45, 7) is 1.80. The molecule has 0 spiro atoms. The number of amides is 2. The van der Waals surface area contributed by atoms with Gasteiger partial charge in [0.15, 0.2) is 0 Å². The lowest BCUT2D eigenvalue weighted by molar-refractivity contribution is -0.128. The number of nitrogens with one attached hydrogen (secondary N) is 1. The SMILES string of the molecule is O=C(NCc1ccccc1CN1CCCC1=O)c1nccc2ccccc12. The van der Waals surface area contributed by atoms with E-state index in [9.17, 15) is 9.59 Å². The zero-order valence-corrected chi connectivity index (χ0v) is 15.0. The minimum atomic E-state index is -0.196. The normalized spacial score (nSPS) is 13.9. The Hall–Kier alpha value is -3.21. The Morgan fingerprint density at radius 2 is 1.81 bits per heavy atom. The van der Waals surface area contributed by atoms with Crippen LogP contribution in [0.2, 0.25) is 0 Å². The van der Waals surface area contributed by atoms with Crippen LogP contribution in [0.25, 0.3) is 10.8 Å². The number of carbonyl (C=O) groups is 2. The maximum atomic E-state index is 12.7. The molecule has 5 heteroatoms. The predicted octanol–water partition coefficient (Wildman–Crippen LogP) is 3.29. The Balaban J connectivity index is 1.50. The van der Waals surface area contributed by atoms with E-state index >= 15 is 0 Å². The van der Waals surface area contributed by atoms with Crippen LogP contribution in [-0.4, -0.2) is 28.2 Å². The number of rotatable bonds is 5. The standard InChI is InChI=1S/C22H21N3O2/c26-20-10-5-13-25(20)15-18-8-2-1-7-17(18)14-24-22(27)21-19-9-4-3-6-16(19)11-12-23-21/h1-4,6-9,11-12H,5,10,13-15H2,(H,24,27). The van der Waals surface area contributed by atoms with Crippen LogP contribution in [0.3, 0.4) is 0 Å². The average molecular weight is 359 g/mol. The molecule has 5 nitrogen and oxygen atoms in total. The zero-order valence-electron chi connectivity index (χ0n) is 15.0. The summed E-state index contributed by atoms with van der Waals surface area (Å²) in [4.78, 5) is 30.8. The average Bonchev–Trinajstić information content (AvgIpc) is 3.11. The molecule has 136 valence electrons. The van der Waals surface area contributed by atoms with Crippen LogP contribution >= 0.6 is 0 Å². The third kappa shape index (κ3) is 3.67. The van der Waals surface area contributed by atoms with Gasteiger partial charge in [-0.05, 0) is 29.0 Å². The Bertz CT molecular complexity index is 994. The predicted molar refractivity (Wildman–Crippen MR) is 104 cm³/mol. The number of aromatic nitrogens is 1. The van der Waals surface area contributed by atoms with Gasteiger partial charge in [0.2, 0.25) is 5.91 Å². The van der Waals surface area contributed by atoms with Crippen LogP contribution < -0.4 is 5.32 Å². The van der Waals surface area contributed by atoms with Gasteiger partial charge in [0.1, 0.15) is 5.69 Å². The van der Waals surface area contributed by atoms with Crippen molar-refractivity contribution < 1.29 is 9.59 Å². The summed E-state index contributed by atoms with van der Waals surface area (Å²) in [5, 5.41) is 4.81. The molecule has 0 saturated carbocycles. The highest BCUT2D eigenvalue weighted by molar-refractivity contribution is 6.05. The maximum absolute atomic E-state index is 12.7. The van der Waals surface area contributed by atoms with Crippen molar-refractivity contribution in [2.75, 3.05) is 6.54 Å². The minimum absolute atomic E-state index is 0.196. The number of carbonyl (C=O) groups excluding carboxylic acids is 2. The molecule has 0 aliphatic carbocycles. The van der Waals surface area contributed by atoms with Gasteiger partial charge in [0.05, 0.1) is 0 Å². The van der Waals surface area contributed by atoms with Crippen LogP contribution in [-0.2, 0) is 17.9 Å². The smallest absolute Gasteiger partial charge is 0.270 e. The molecule has 2 amide bonds. The van der Waals surface area contributed by atoms with Gasteiger partial charge >= 0.3 is 0 Å². The molecule has 2 heterocycles. The highest BCUT2D eigenvalue weighted by atomic mass is 16.2. The van der Waals surface area contributed by atoms with Crippen molar-refractivity contribution in [1.82, 2.24) is 15.2 Å². The van der Waals surface area contributed by atoms with E-state index in [2.05, 4.69) is 10.3 Å². The molecule has 0 unspecified atom stereocenters. The molecule has 1 aliphatic rings. The third-order valence-corrected chi connectivity index (χ3v) is 4.98. The van der Waals surface area contributed by atoms with Crippen molar-refractivity contribution >= 4 is 22.6 Å². The third-order valence-electron chi connectivity index (χ3n) is 4.98. The molecule has 0 radical (unpaired) electrons. The van der Waals surface area contributed by atoms with Crippen LogP contribution in [0.4, 0.5) is 0 Å². The minimum Gasteiger partial charge on any atom is -0.347 e. The fraction of sp³-hybridized carbons (Fsp3) is 0.227. The summed E-state index contributed by atoms with van der Waals surface area (Å²) < 4.78 is 0. The Morgan fingerprint density at radius 3 is 2.63 bits per heavy atom. The largest absolute Gasteiger partial charge is 0.347 e. The second-order valence-electron chi connectivity index (χ2n) is 6.75. The summed E-state index contributed by atoms with van der Waals surface area (Å²) in [5.41, 5.74) is 2.52. The molecule has 0 atom stereocenters. The van der Waals surface area contributed by atoms with Crippen molar-refractivity contribution in [1.29, 1.82) is 0 Å². The second-order valence-corrected chi connectivity index (χ2v) is 6.75. The van der Waals surface area contributed by atoms with Crippen LogP contribution in [0.5, 0.6) is 0 Å². The van der Waals surface area contributed by atoms with Crippen molar-refractivity contribution in [3.05, 3.63) is 77.6 Å². The number of benzene rings is 2. The quantitative estimate of drug-likeness (QED) is 0.760. The van der Waals surface area contributed by atoms with E-state index in [0.29, 0.717) is 25.2 Å². The first-order valence-electron chi connectivity index (χ1n) is 9.19. The Kier molecular flexibility index (Phi) is 4.83.